The van der Waals surface area contributed by atoms with E-state index < -0.39 is 17.5 Å². The highest BCUT2D eigenvalue weighted by molar-refractivity contribution is 6.06. The lowest BCUT2D eigenvalue weighted by atomic mass is 10.1. The van der Waals surface area contributed by atoms with Gasteiger partial charge in [0, 0.05) is 24.3 Å². The Hall–Kier alpha value is -2.60. The summed E-state index contributed by atoms with van der Waals surface area (Å²) in [6, 6.07) is 12.1. The molecule has 0 saturated carbocycles. The van der Waals surface area contributed by atoms with Crippen LogP contribution in [0.1, 0.15) is 21.5 Å². The molecule has 1 aliphatic heterocycles. The number of allylic oxidation sites excluding steroid dienone is 1. The number of carbonyl (C=O) groups is 1. The van der Waals surface area contributed by atoms with Crippen LogP contribution < -0.4 is 4.90 Å². The highest BCUT2D eigenvalue weighted by atomic mass is 19.4. The van der Waals surface area contributed by atoms with Crippen LogP contribution in [0.2, 0.25) is 0 Å². The first-order valence-corrected chi connectivity index (χ1v) is 8.26. The molecule has 26 heavy (non-hydrogen) atoms. The fourth-order valence-electron chi connectivity index (χ4n) is 2.73. The van der Waals surface area contributed by atoms with Crippen molar-refractivity contribution < 1.29 is 22.7 Å². The molecule has 0 atom stereocenters. The SMILES string of the molecule is O=C(/C=C/c1ccc(N2CCOCC2)cc1)c1cccc(C(F)(F)F)c1. The molecule has 0 unspecified atom stereocenters. The lowest BCUT2D eigenvalue weighted by molar-refractivity contribution is -0.137. The van der Waals surface area contributed by atoms with Crippen LogP contribution in [-0.2, 0) is 10.9 Å². The summed E-state index contributed by atoms with van der Waals surface area (Å²) in [7, 11) is 0. The number of nitrogens with zero attached hydrogens (tertiary/aromatic N) is 1. The Morgan fingerprint density at radius 2 is 1.73 bits per heavy atom. The Morgan fingerprint density at radius 3 is 2.38 bits per heavy atom. The molecule has 2 aromatic carbocycles. The lowest BCUT2D eigenvalue weighted by Crippen LogP contribution is -2.36. The van der Waals surface area contributed by atoms with Crippen molar-refractivity contribution >= 4 is 17.5 Å². The summed E-state index contributed by atoms with van der Waals surface area (Å²) >= 11 is 0. The van der Waals surface area contributed by atoms with Crippen LogP contribution >= 0.6 is 0 Å². The van der Waals surface area contributed by atoms with Crippen molar-refractivity contribution in [2.24, 2.45) is 0 Å². The Kier molecular flexibility index (Phi) is 5.42. The number of ether oxygens (including phenoxy) is 1. The zero-order chi connectivity index (χ0) is 18.6. The first kappa shape index (κ1) is 18.2. The van der Waals surface area contributed by atoms with E-state index in [9.17, 15) is 18.0 Å². The minimum atomic E-state index is -4.46. The van der Waals surface area contributed by atoms with Gasteiger partial charge in [0.2, 0.25) is 0 Å². The predicted octanol–water partition coefficient (Wildman–Crippen LogP) is 4.44. The van der Waals surface area contributed by atoms with E-state index in [4.69, 9.17) is 4.74 Å². The third kappa shape index (κ3) is 4.52. The molecule has 3 nitrogen and oxygen atoms in total. The first-order valence-electron chi connectivity index (χ1n) is 8.26. The minimum absolute atomic E-state index is 0.0148. The quantitative estimate of drug-likeness (QED) is 0.596. The summed E-state index contributed by atoms with van der Waals surface area (Å²) in [6.45, 7) is 3.08. The van der Waals surface area contributed by atoms with Crippen LogP contribution in [0.3, 0.4) is 0 Å². The number of hydrogen-bond acceptors (Lipinski definition) is 3. The van der Waals surface area contributed by atoms with E-state index in [1.807, 2.05) is 24.3 Å². The molecule has 1 fully saturated rings. The zero-order valence-corrected chi connectivity index (χ0v) is 14.0. The van der Waals surface area contributed by atoms with E-state index in [0.29, 0.717) is 13.2 Å². The van der Waals surface area contributed by atoms with Crippen molar-refractivity contribution in [3.63, 3.8) is 0 Å². The fourth-order valence-corrected chi connectivity index (χ4v) is 2.73. The number of alkyl halides is 3. The second-order valence-electron chi connectivity index (χ2n) is 5.97. The summed E-state index contributed by atoms with van der Waals surface area (Å²) < 4.78 is 43.5. The van der Waals surface area contributed by atoms with E-state index in [-0.39, 0.29) is 5.56 Å². The molecule has 6 heteroatoms. The van der Waals surface area contributed by atoms with Crippen LogP contribution in [0.4, 0.5) is 18.9 Å². The van der Waals surface area contributed by atoms with Gasteiger partial charge in [0.1, 0.15) is 0 Å². The monoisotopic (exact) mass is 361 g/mol. The summed E-state index contributed by atoms with van der Waals surface area (Å²) in [4.78, 5) is 14.3. The van der Waals surface area contributed by atoms with Crippen molar-refractivity contribution in [1.82, 2.24) is 0 Å². The van der Waals surface area contributed by atoms with Gasteiger partial charge in [-0.3, -0.25) is 4.79 Å². The molecule has 0 aliphatic carbocycles. The standard InChI is InChI=1S/C20H18F3NO2/c21-20(22,23)17-3-1-2-16(14-17)19(25)9-6-15-4-7-18(8-5-15)24-10-12-26-13-11-24/h1-9,14H,10-13H2/b9-6+. The fraction of sp³-hybridized carbons (Fsp3) is 0.250. The third-order valence-electron chi connectivity index (χ3n) is 4.17. The van der Waals surface area contributed by atoms with Crippen molar-refractivity contribution in [3.05, 3.63) is 71.3 Å². The minimum Gasteiger partial charge on any atom is -0.378 e. The lowest BCUT2D eigenvalue weighted by Gasteiger charge is -2.28. The van der Waals surface area contributed by atoms with Crippen LogP contribution in [0.15, 0.2) is 54.6 Å². The Bertz CT molecular complexity index is 791. The predicted molar refractivity (Wildman–Crippen MR) is 94.3 cm³/mol. The van der Waals surface area contributed by atoms with Crippen molar-refractivity contribution in [3.8, 4) is 0 Å². The van der Waals surface area contributed by atoms with Crippen molar-refractivity contribution in [1.29, 1.82) is 0 Å². The number of halogens is 3. The Morgan fingerprint density at radius 1 is 1.04 bits per heavy atom. The molecule has 1 aliphatic rings. The second kappa shape index (κ2) is 7.74. The molecule has 0 spiro atoms. The van der Waals surface area contributed by atoms with Crippen LogP contribution in [0.25, 0.3) is 6.08 Å². The van der Waals surface area contributed by atoms with Gasteiger partial charge >= 0.3 is 6.18 Å². The van der Waals surface area contributed by atoms with E-state index in [1.165, 1.54) is 18.2 Å². The molecule has 3 rings (SSSR count). The van der Waals surface area contributed by atoms with Gasteiger partial charge in [-0.25, -0.2) is 0 Å². The average molecular weight is 361 g/mol. The summed E-state index contributed by atoms with van der Waals surface area (Å²) in [5, 5.41) is 0. The van der Waals surface area contributed by atoms with Crippen molar-refractivity contribution in [2.75, 3.05) is 31.2 Å². The Balaban J connectivity index is 1.68. The van der Waals surface area contributed by atoms with Gasteiger partial charge in [0.25, 0.3) is 0 Å². The van der Waals surface area contributed by atoms with Gasteiger partial charge in [0.15, 0.2) is 5.78 Å². The molecule has 136 valence electrons. The number of ketones is 1. The van der Waals surface area contributed by atoms with E-state index in [0.717, 1.165) is 36.5 Å². The molecule has 0 bridgehead atoms. The van der Waals surface area contributed by atoms with Gasteiger partial charge in [-0.15, -0.1) is 0 Å². The second-order valence-corrected chi connectivity index (χ2v) is 5.97. The maximum Gasteiger partial charge on any atom is 0.416 e. The Labute approximate surface area is 149 Å². The first-order chi connectivity index (χ1) is 12.4. The number of morpholine rings is 1. The topological polar surface area (TPSA) is 29.5 Å². The maximum absolute atomic E-state index is 12.7. The van der Waals surface area contributed by atoms with Gasteiger partial charge in [-0.1, -0.05) is 30.3 Å². The van der Waals surface area contributed by atoms with Crippen LogP contribution in [0.5, 0.6) is 0 Å². The van der Waals surface area contributed by atoms with Gasteiger partial charge in [0.05, 0.1) is 18.8 Å². The molecule has 2 aromatic rings. The number of hydrogen-bond donors (Lipinski definition) is 0. The van der Waals surface area contributed by atoms with Crippen molar-refractivity contribution in [2.45, 2.75) is 6.18 Å². The number of carbonyl (C=O) groups excluding carboxylic acids is 1. The molecule has 0 radical (unpaired) electrons. The van der Waals surface area contributed by atoms with Crippen LogP contribution in [0, 0.1) is 0 Å². The van der Waals surface area contributed by atoms with Gasteiger partial charge < -0.3 is 9.64 Å². The number of rotatable bonds is 4. The molecular formula is C20H18F3NO2. The molecule has 0 amide bonds. The zero-order valence-electron chi connectivity index (χ0n) is 14.0. The largest absolute Gasteiger partial charge is 0.416 e. The number of benzene rings is 2. The molecule has 0 N–H and O–H groups in total. The van der Waals surface area contributed by atoms with Gasteiger partial charge in [-0.2, -0.15) is 13.2 Å². The molecule has 1 heterocycles. The van der Waals surface area contributed by atoms with Crippen LogP contribution in [-0.4, -0.2) is 32.1 Å². The maximum atomic E-state index is 12.7. The molecular weight excluding hydrogens is 343 g/mol. The summed E-state index contributed by atoms with van der Waals surface area (Å²) in [6.07, 6.45) is -1.57. The third-order valence-corrected chi connectivity index (χ3v) is 4.17. The summed E-state index contributed by atoms with van der Waals surface area (Å²) in [5.41, 5.74) is 1.07. The van der Waals surface area contributed by atoms with E-state index in [1.54, 1.807) is 6.08 Å². The van der Waals surface area contributed by atoms with E-state index >= 15 is 0 Å². The normalized spacial score (nSPS) is 15.4. The number of anilines is 1. The van der Waals surface area contributed by atoms with E-state index in [2.05, 4.69) is 4.90 Å². The average Bonchev–Trinajstić information content (AvgIpc) is 2.66. The summed E-state index contributed by atoms with van der Waals surface area (Å²) in [5.74, 6) is -0.464. The molecule has 1 saturated heterocycles. The smallest absolute Gasteiger partial charge is 0.378 e. The highest BCUT2D eigenvalue weighted by Crippen LogP contribution is 2.29. The molecule has 0 aromatic heterocycles. The van der Waals surface area contributed by atoms with Gasteiger partial charge in [-0.05, 0) is 35.9 Å². The highest BCUT2D eigenvalue weighted by Gasteiger charge is 2.30.